The van der Waals surface area contributed by atoms with E-state index in [2.05, 4.69) is 87.4 Å². The van der Waals surface area contributed by atoms with Crippen LogP contribution < -0.4 is 16.0 Å². The van der Waals surface area contributed by atoms with Gasteiger partial charge >= 0.3 is 0 Å². The number of likely N-dealkylation sites (tertiary alicyclic amines) is 1. The van der Waals surface area contributed by atoms with Crippen molar-refractivity contribution in [2.24, 2.45) is 7.05 Å². The fourth-order valence-electron chi connectivity index (χ4n) is 5.37. The molecule has 3 aromatic heterocycles. The van der Waals surface area contributed by atoms with E-state index in [1.807, 2.05) is 25.0 Å². The molecule has 4 heterocycles. The van der Waals surface area contributed by atoms with Crippen molar-refractivity contribution >= 4 is 49.4 Å². The predicted octanol–water partition coefficient (Wildman–Crippen LogP) is 5.68. The zero-order chi connectivity index (χ0) is 26.1. The third-order valence-corrected chi connectivity index (χ3v) is 8.27. The van der Waals surface area contributed by atoms with Crippen LogP contribution in [0.15, 0.2) is 60.9 Å². The number of nitrogens with one attached hydrogen (secondary N) is 3. The molecule has 1 unspecified atom stereocenters. The molecular formula is C29H34N8S. The number of hydrogen-bond donors (Lipinski definition) is 3. The highest BCUT2D eigenvalue weighted by atomic mass is 32.1. The second kappa shape index (κ2) is 10.7. The highest BCUT2D eigenvalue weighted by Crippen LogP contribution is 2.34. The van der Waals surface area contributed by atoms with Crippen molar-refractivity contribution in [3.8, 4) is 0 Å². The van der Waals surface area contributed by atoms with Crippen LogP contribution in [-0.4, -0.2) is 50.6 Å². The zero-order valence-corrected chi connectivity index (χ0v) is 22.9. The second-order valence-corrected chi connectivity index (χ2v) is 11.1. The van der Waals surface area contributed by atoms with Gasteiger partial charge in [0.1, 0.15) is 21.4 Å². The van der Waals surface area contributed by atoms with Crippen LogP contribution in [0.2, 0.25) is 0 Å². The lowest BCUT2D eigenvalue weighted by molar-refractivity contribution is 0.185. The van der Waals surface area contributed by atoms with Crippen LogP contribution in [0.25, 0.3) is 21.4 Å². The summed E-state index contributed by atoms with van der Waals surface area (Å²) in [5.41, 5.74) is 6.40. The first kappa shape index (κ1) is 24.8. The lowest BCUT2D eigenvalue weighted by atomic mass is 10.0. The number of fused-ring (bicyclic) bond motifs is 3. The molecule has 0 aliphatic carbocycles. The van der Waals surface area contributed by atoms with E-state index < -0.39 is 0 Å². The lowest BCUT2D eigenvalue weighted by Crippen LogP contribution is -2.42. The van der Waals surface area contributed by atoms with E-state index in [1.54, 1.807) is 11.3 Å². The summed E-state index contributed by atoms with van der Waals surface area (Å²) >= 11 is 1.56. The molecule has 6 rings (SSSR count). The first-order valence-electron chi connectivity index (χ1n) is 13.3. The molecule has 38 heavy (non-hydrogen) atoms. The van der Waals surface area contributed by atoms with E-state index in [-0.39, 0.29) is 6.04 Å². The van der Waals surface area contributed by atoms with Gasteiger partial charge in [-0.1, -0.05) is 53.8 Å². The monoisotopic (exact) mass is 526 g/mol. The molecule has 1 fully saturated rings. The Morgan fingerprint density at radius 3 is 2.63 bits per heavy atom. The minimum absolute atomic E-state index is 0.270. The maximum absolute atomic E-state index is 4.89. The molecule has 0 spiro atoms. The number of piperidine rings is 1. The molecule has 0 bridgehead atoms. The number of pyridine rings is 1. The Hall–Kier alpha value is -3.53. The molecule has 8 nitrogen and oxygen atoms in total. The fraction of sp³-hybridized carbons (Fsp3) is 0.345. The first-order valence-corrected chi connectivity index (χ1v) is 14.1. The number of rotatable bonds is 8. The molecule has 1 aliphatic heterocycles. The van der Waals surface area contributed by atoms with Crippen LogP contribution in [0.1, 0.15) is 36.9 Å². The van der Waals surface area contributed by atoms with E-state index in [9.17, 15) is 0 Å². The normalized spacial score (nSPS) is 15.8. The van der Waals surface area contributed by atoms with Crippen LogP contribution >= 0.6 is 11.3 Å². The van der Waals surface area contributed by atoms with Gasteiger partial charge in [0.05, 0.1) is 6.33 Å². The summed E-state index contributed by atoms with van der Waals surface area (Å²) < 4.78 is 2.00. The summed E-state index contributed by atoms with van der Waals surface area (Å²) in [6.45, 7) is 5.56. The predicted molar refractivity (Wildman–Crippen MR) is 157 cm³/mol. The van der Waals surface area contributed by atoms with E-state index >= 15 is 0 Å². The molecular weight excluding hydrogens is 492 g/mol. The number of aryl methyl sites for hydroxylation is 1. The number of hydrogen-bond acceptors (Lipinski definition) is 8. The van der Waals surface area contributed by atoms with Crippen LogP contribution in [0.4, 0.5) is 16.6 Å². The molecule has 1 saturated heterocycles. The number of anilines is 3. The highest BCUT2D eigenvalue weighted by molar-refractivity contribution is 7.22. The average Bonchev–Trinajstić information content (AvgIpc) is 3.52. The van der Waals surface area contributed by atoms with Gasteiger partial charge in [0.15, 0.2) is 10.9 Å². The zero-order valence-electron chi connectivity index (χ0n) is 22.1. The summed E-state index contributed by atoms with van der Waals surface area (Å²) in [6.07, 6.45) is 4.15. The number of thiazole rings is 1. The molecule has 9 heteroatoms. The van der Waals surface area contributed by atoms with E-state index in [0.29, 0.717) is 6.04 Å². The Morgan fingerprint density at radius 2 is 1.84 bits per heavy atom. The maximum Gasteiger partial charge on any atom is 0.189 e. The topological polar surface area (TPSA) is 82.9 Å². The van der Waals surface area contributed by atoms with Crippen molar-refractivity contribution in [2.45, 2.75) is 38.4 Å². The largest absolute Gasteiger partial charge is 0.371 e. The van der Waals surface area contributed by atoms with Gasteiger partial charge in [-0.05, 0) is 56.1 Å². The lowest BCUT2D eigenvalue weighted by Gasteiger charge is -2.34. The van der Waals surface area contributed by atoms with Crippen molar-refractivity contribution in [2.75, 3.05) is 30.8 Å². The molecule has 1 atom stereocenters. The Morgan fingerprint density at radius 1 is 1.03 bits per heavy atom. The number of nitrogens with zero attached hydrogens (tertiary/aromatic N) is 5. The van der Waals surface area contributed by atoms with Gasteiger partial charge in [-0.2, -0.15) is 0 Å². The standard InChI is InChI=1S/C29H34N8S/c1-19(32-22-12-14-37(15-13-22)17-20-8-5-4-6-9-20)21-10-7-11-23(16-21)33-29-34-25-26-24(31-18-36(26)3)27(30-2)35-28(25)38-29/h4-11,16,18-19,22,32H,12-15,17H2,1-3H3,(H,30,35)(H,33,34). The van der Waals surface area contributed by atoms with Crippen molar-refractivity contribution < 1.29 is 0 Å². The quantitative estimate of drug-likeness (QED) is 0.240. The van der Waals surface area contributed by atoms with Crippen molar-refractivity contribution in [1.82, 2.24) is 29.7 Å². The van der Waals surface area contributed by atoms with Crippen LogP contribution in [0.5, 0.6) is 0 Å². The molecule has 3 N–H and O–H groups in total. The summed E-state index contributed by atoms with van der Waals surface area (Å²) in [5, 5.41) is 11.4. The SMILES string of the molecule is CNc1nc2sc(Nc3cccc(C(C)NC4CCN(Cc5ccccc5)CC4)c3)nc2c2c1ncn2C. The molecule has 0 saturated carbocycles. The Labute approximate surface area is 227 Å². The molecule has 2 aromatic carbocycles. The Balaban J connectivity index is 1.11. The third kappa shape index (κ3) is 5.09. The van der Waals surface area contributed by atoms with Gasteiger partial charge in [-0.25, -0.2) is 15.0 Å². The second-order valence-electron chi connectivity index (χ2n) is 10.1. The van der Waals surface area contributed by atoms with E-state index in [0.717, 1.165) is 57.7 Å². The molecule has 0 radical (unpaired) electrons. The van der Waals surface area contributed by atoms with Gasteiger partial charge in [-0.15, -0.1) is 0 Å². The van der Waals surface area contributed by atoms with Crippen LogP contribution in [0.3, 0.4) is 0 Å². The third-order valence-electron chi connectivity index (χ3n) is 7.41. The van der Waals surface area contributed by atoms with Crippen LogP contribution in [0, 0.1) is 0 Å². The van der Waals surface area contributed by atoms with Crippen molar-refractivity contribution in [1.29, 1.82) is 0 Å². The van der Waals surface area contributed by atoms with Crippen molar-refractivity contribution in [3.05, 3.63) is 72.1 Å². The van der Waals surface area contributed by atoms with Gasteiger partial charge in [0.2, 0.25) is 0 Å². The smallest absolute Gasteiger partial charge is 0.189 e. The first-order chi connectivity index (χ1) is 18.6. The molecule has 0 amide bonds. The van der Waals surface area contributed by atoms with Gasteiger partial charge in [-0.3, -0.25) is 4.90 Å². The van der Waals surface area contributed by atoms with Crippen molar-refractivity contribution in [3.63, 3.8) is 0 Å². The summed E-state index contributed by atoms with van der Waals surface area (Å²) in [5.74, 6) is 0.774. The van der Waals surface area contributed by atoms with E-state index in [4.69, 9.17) is 9.97 Å². The number of imidazole rings is 1. The number of benzene rings is 2. The van der Waals surface area contributed by atoms with Crippen LogP contribution in [-0.2, 0) is 13.6 Å². The minimum atomic E-state index is 0.270. The maximum atomic E-state index is 4.89. The number of aromatic nitrogens is 4. The highest BCUT2D eigenvalue weighted by Gasteiger charge is 2.21. The van der Waals surface area contributed by atoms with E-state index in [1.165, 1.54) is 24.0 Å². The summed E-state index contributed by atoms with van der Waals surface area (Å²) in [7, 11) is 3.86. The Bertz CT molecular complexity index is 1530. The molecule has 1 aliphatic rings. The minimum Gasteiger partial charge on any atom is -0.371 e. The average molecular weight is 527 g/mol. The van der Waals surface area contributed by atoms with Gasteiger partial charge in [0.25, 0.3) is 0 Å². The van der Waals surface area contributed by atoms with Gasteiger partial charge < -0.3 is 20.5 Å². The molecule has 196 valence electrons. The Kier molecular flexibility index (Phi) is 6.97. The summed E-state index contributed by atoms with van der Waals surface area (Å²) in [6, 6.07) is 20.2. The molecule has 5 aromatic rings. The summed E-state index contributed by atoms with van der Waals surface area (Å²) in [4.78, 5) is 17.6. The fourth-order valence-corrected chi connectivity index (χ4v) is 6.23. The van der Waals surface area contributed by atoms with Gasteiger partial charge in [0, 0.05) is 38.4 Å².